The largest absolute Gasteiger partial charge is 0.507 e. The van der Waals surface area contributed by atoms with Crippen LogP contribution in [0.1, 0.15) is 87.3 Å². The highest BCUT2D eigenvalue weighted by Gasteiger charge is 2.35. The Morgan fingerprint density at radius 3 is 2.00 bits per heavy atom. The summed E-state index contributed by atoms with van der Waals surface area (Å²) in [6, 6.07) is 45.6. The Balaban J connectivity index is 1.38. The number of phenols is 1. The van der Waals surface area contributed by atoms with Crippen LogP contribution in [-0.2, 0) is 10.8 Å². The highest BCUT2D eigenvalue weighted by Crippen LogP contribution is 2.46. The predicted molar refractivity (Wildman–Crippen MR) is 253 cm³/mol. The monoisotopic (exact) mass is 790 g/mol. The van der Waals surface area contributed by atoms with Crippen molar-refractivity contribution in [3.63, 3.8) is 0 Å². The van der Waals surface area contributed by atoms with Crippen LogP contribution in [0.5, 0.6) is 5.75 Å². The van der Waals surface area contributed by atoms with Crippen molar-refractivity contribution >= 4 is 11.0 Å². The molecule has 4 heteroatoms. The number of para-hydroxylation sites is 1. The maximum Gasteiger partial charge on any atom is 0.149 e. The molecule has 2 heterocycles. The third-order valence-electron chi connectivity index (χ3n) is 12.7. The van der Waals surface area contributed by atoms with Gasteiger partial charge < -0.3 is 5.11 Å². The second-order valence-electron chi connectivity index (χ2n) is 19.0. The van der Waals surface area contributed by atoms with Gasteiger partial charge in [-0.3, -0.25) is 9.55 Å². The van der Waals surface area contributed by atoms with Crippen LogP contribution in [0.2, 0.25) is 0 Å². The summed E-state index contributed by atoms with van der Waals surface area (Å²) in [5.74, 6) is 0.870. The summed E-state index contributed by atoms with van der Waals surface area (Å²) >= 11 is 0. The van der Waals surface area contributed by atoms with Crippen LogP contribution < -0.4 is 0 Å². The molecule has 4 nitrogen and oxygen atoms in total. The maximum atomic E-state index is 11.8. The van der Waals surface area contributed by atoms with Crippen molar-refractivity contribution in [2.24, 2.45) is 5.41 Å². The maximum absolute atomic E-state index is 11.8. The summed E-state index contributed by atoms with van der Waals surface area (Å²) in [4.78, 5) is 10.4. The van der Waals surface area contributed by atoms with E-state index in [-0.39, 0.29) is 22.0 Å². The molecule has 8 aromatic rings. The fourth-order valence-electron chi connectivity index (χ4n) is 8.08. The Labute approximate surface area is 360 Å². The first-order valence-corrected chi connectivity index (χ1v) is 20.9. The Bertz CT molecular complexity index is 3000. The number of rotatable bonds is 7. The molecule has 6 aromatic carbocycles. The topological polar surface area (TPSA) is 50.9 Å². The van der Waals surface area contributed by atoms with Crippen molar-refractivity contribution in [1.29, 1.82) is 0 Å². The van der Waals surface area contributed by atoms with E-state index in [4.69, 9.17) is 14.1 Å². The molecule has 8 rings (SSSR count). The van der Waals surface area contributed by atoms with Crippen molar-refractivity contribution in [3.8, 4) is 67.5 Å². The number of imidazole rings is 1. The van der Waals surface area contributed by atoms with Gasteiger partial charge in [0.05, 0.1) is 28.0 Å². The van der Waals surface area contributed by atoms with Gasteiger partial charge in [-0.15, -0.1) is 0 Å². The molecule has 1 N–H and O–H groups in total. The quantitative estimate of drug-likeness (QED) is 0.175. The summed E-state index contributed by atoms with van der Waals surface area (Å²) < 4.78 is 25.7. The van der Waals surface area contributed by atoms with E-state index in [1.807, 2.05) is 43.5 Å². The molecular weight excluding hydrogens is 731 g/mol. The molecule has 302 valence electrons. The summed E-state index contributed by atoms with van der Waals surface area (Å²) in [5, 5.41) is 11.8. The molecule has 0 saturated carbocycles. The van der Waals surface area contributed by atoms with Crippen LogP contribution >= 0.6 is 0 Å². The molecule has 0 amide bonds. The number of benzene rings is 6. The number of fused-ring (bicyclic) bond motifs is 1. The number of hydrogen-bond donors (Lipinski definition) is 1. The summed E-state index contributed by atoms with van der Waals surface area (Å²) in [6.07, 6.45) is 1.81. The van der Waals surface area contributed by atoms with Crippen molar-refractivity contribution in [3.05, 3.63) is 167 Å². The second-order valence-corrected chi connectivity index (χ2v) is 19.0. The minimum Gasteiger partial charge on any atom is -0.507 e. The molecule has 0 fully saturated rings. The molecule has 0 bridgehead atoms. The van der Waals surface area contributed by atoms with E-state index < -0.39 is 6.85 Å². The molecule has 0 aliphatic heterocycles. The molecule has 0 unspecified atom stereocenters. The number of aromatic hydroxyl groups is 1. The van der Waals surface area contributed by atoms with E-state index in [0.717, 1.165) is 78.0 Å². The Morgan fingerprint density at radius 2 is 1.30 bits per heavy atom. The van der Waals surface area contributed by atoms with Gasteiger partial charge in [-0.05, 0) is 130 Å². The fourth-order valence-corrected chi connectivity index (χ4v) is 8.08. The number of aryl methyl sites for hydroxylation is 3. The smallest absolute Gasteiger partial charge is 0.149 e. The Morgan fingerprint density at radius 1 is 0.567 bits per heavy atom. The third-order valence-corrected chi connectivity index (χ3v) is 12.7. The van der Waals surface area contributed by atoms with Gasteiger partial charge >= 0.3 is 0 Å². The Kier molecular flexibility index (Phi) is 9.25. The van der Waals surface area contributed by atoms with Gasteiger partial charge in [0.25, 0.3) is 0 Å². The molecule has 0 aliphatic carbocycles. The van der Waals surface area contributed by atoms with E-state index in [0.29, 0.717) is 17.0 Å². The molecule has 0 radical (unpaired) electrons. The molecular formula is C56H57N3O. The van der Waals surface area contributed by atoms with Crippen molar-refractivity contribution < 1.29 is 9.22 Å². The van der Waals surface area contributed by atoms with E-state index >= 15 is 0 Å². The molecule has 0 aliphatic rings. The zero-order valence-electron chi connectivity index (χ0n) is 39.6. The van der Waals surface area contributed by atoms with Gasteiger partial charge in [0.15, 0.2) is 0 Å². The fraction of sp³-hybridized carbons (Fsp3) is 0.250. The normalized spacial score (nSPS) is 13.3. The van der Waals surface area contributed by atoms with Crippen LogP contribution in [0.15, 0.2) is 140 Å². The van der Waals surface area contributed by atoms with E-state index in [1.165, 1.54) is 5.56 Å². The van der Waals surface area contributed by atoms with E-state index in [1.54, 1.807) is 12.1 Å². The number of pyridine rings is 1. The lowest BCUT2D eigenvalue weighted by atomic mass is 9.65. The van der Waals surface area contributed by atoms with Gasteiger partial charge in [-0.2, -0.15) is 0 Å². The molecule has 0 atom stereocenters. The SMILES string of the molecule is [2H]C([2H])([2H])c1ccc(-c2ccnc(-c3cc(-c4cccc5c4nc(-c4cc(C)cc(C)c4O)n5-c4ccc(C(C)(C)C(C)(C)C)cc4-c4ccccc4)cc(C(C)(C)C)c3)c2)cc1. The number of aromatic nitrogens is 3. The highest BCUT2D eigenvalue weighted by molar-refractivity contribution is 5.98. The number of nitrogens with zero attached hydrogens (tertiary/aromatic N) is 3. The zero-order valence-corrected chi connectivity index (χ0v) is 36.6. The van der Waals surface area contributed by atoms with Crippen molar-refractivity contribution in [1.82, 2.24) is 14.5 Å². The lowest BCUT2D eigenvalue weighted by Gasteiger charge is -2.40. The first-order valence-electron chi connectivity index (χ1n) is 22.4. The molecule has 0 saturated heterocycles. The van der Waals surface area contributed by atoms with Gasteiger partial charge in [-0.1, -0.05) is 146 Å². The third kappa shape index (κ3) is 7.45. The van der Waals surface area contributed by atoms with Crippen molar-refractivity contribution in [2.75, 3.05) is 0 Å². The standard InChI is InChI=1S/C56H57N3O/c1-35-20-22-38(23-21-35)40-26-27-57-48(33-40)42-30-41(31-44(32-42)54(4,5)6)45-18-15-19-50-51(45)58-53(47-29-36(2)28-37(3)52(47)60)59(50)49-25-24-43(56(10,11)55(7,8)9)34-46(49)39-16-13-12-14-17-39/h12-34,60H,1-11H3/i1D3. The van der Waals surface area contributed by atoms with Crippen LogP contribution in [-0.4, -0.2) is 19.6 Å². The van der Waals surface area contributed by atoms with Crippen molar-refractivity contribution in [2.45, 2.75) is 86.9 Å². The minimum absolute atomic E-state index is 0.000635. The van der Waals surface area contributed by atoms with Gasteiger partial charge in [-0.25, -0.2) is 4.98 Å². The summed E-state index contributed by atoms with van der Waals surface area (Å²) in [7, 11) is 0. The van der Waals surface area contributed by atoms with E-state index in [2.05, 4.69) is 158 Å². The minimum atomic E-state index is -2.16. The second kappa shape index (κ2) is 15.1. The highest BCUT2D eigenvalue weighted by atomic mass is 16.3. The van der Waals surface area contributed by atoms with Crippen LogP contribution in [0.25, 0.3) is 72.7 Å². The van der Waals surface area contributed by atoms with E-state index in [9.17, 15) is 5.11 Å². The van der Waals surface area contributed by atoms with Gasteiger partial charge in [0.1, 0.15) is 11.6 Å². The number of phenolic OH excluding ortho intramolecular Hbond substituents is 1. The lowest BCUT2D eigenvalue weighted by Crippen LogP contribution is -2.34. The average molecular weight is 791 g/mol. The van der Waals surface area contributed by atoms with Crippen LogP contribution in [0.3, 0.4) is 0 Å². The lowest BCUT2D eigenvalue weighted by molar-refractivity contribution is 0.225. The predicted octanol–water partition coefficient (Wildman–Crippen LogP) is 15.0. The first-order chi connectivity index (χ1) is 29.6. The summed E-state index contributed by atoms with van der Waals surface area (Å²) in [5.41, 5.74) is 15.4. The van der Waals surface area contributed by atoms with Crippen LogP contribution in [0, 0.1) is 26.1 Å². The van der Waals surface area contributed by atoms with Crippen LogP contribution in [0.4, 0.5) is 0 Å². The molecule has 60 heavy (non-hydrogen) atoms. The molecule has 0 spiro atoms. The first kappa shape index (κ1) is 36.8. The van der Waals surface area contributed by atoms with Gasteiger partial charge in [0, 0.05) is 27.0 Å². The van der Waals surface area contributed by atoms with Gasteiger partial charge in [0.2, 0.25) is 0 Å². The molecule has 2 aromatic heterocycles. The zero-order chi connectivity index (χ0) is 45.2. The summed E-state index contributed by atoms with van der Waals surface area (Å²) in [6.45, 7) is 20.0. The Hall–Kier alpha value is -6.26. The number of hydrogen-bond acceptors (Lipinski definition) is 3. The average Bonchev–Trinajstić information content (AvgIpc) is 3.63.